The minimum atomic E-state index is -0.897. The Hall–Kier alpha value is -3.02. The molecular formula is C19H18O6. The van der Waals surface area contributed by atoms with Crippen LogP contribution in [-0.4, -0.2) is 36.4 Å². The summed E-state index contributed by atoms with van der Waals surface area (Å²) in [6, 6.07) is 15.0. The van der Waals surface area contributed by atoms with Crippen molar-refractivity contribution < 1.29 is 28.9 Å². The number of carbonyl (C=O) groups excluding carboxylic acids is 1. The van der Waals surface area contributed by atoms with Gasteiger partial charge in [0.15, 0.2) is 12.2 Å². The number of methoxy groups -OCH3 is 1. The number of aliphatic carboxylic acids is 1. The van der Waals surface area contributed by atoms with Gasteiger partial charge in [0, 0.05) is 12.8 Å². The van der Waals surface area contributed by atoms with E-state index in [0.29, 0.717) is 18.6 Å². The van der Waals surface area contributed by atoms with Crippen LogP contribution in [0.1, 0.15) is 11.1 Å². The Bertz CT molecular complexity index is 735. The molecule has 0 fully saturated rings. The van der Waals surface area contributed by atoms with E-state index in [9.17, 15) is 9.59 Å². The summed E-state index contributed by atoms with van der Waals surface area (Å²) in [6.45, 7) is 0. The maximum Gasteiger partial charge on any atom is 0.347 e. The second-order valence-electron chi connectivity index (χ2n) is 5.70. The molecule has 130 valence electrons. The monoisotopic (exact) mass is 342 g/mol. The maximum absolute atomic E-state index is 11.1. The summed E-state index contributed by atoms with van der Waals surface area (Å²) in [6.07, 6.45) is -0.0567. The molecule has 25 heavy (non-hydrogen) atoms. The molecule has 2 aliphatic rings. The number of rotatable bonds is 2. The molecule has 0 amide bonds. The molecule has 6 nitrogen and oxygen atoms in total. The smallest absolute Gasteiger partial charge is 0.347 e. The SMILES string of the molecule is COC(=O)C1Cc2ccccc2O1.O=C(O)C1Cc2ccccc2O1. The Morgan fingerprint density at radius 1 is 0.920 bits per heavy atom. The fraction of sp³-hybridized carbons (Fsp3) is 0.263. The molecule has 0 saturated heterocycles. The zero-order chi connectivity index (χ0) is 17.8. The Balaban J connectivity index is 0.000000146. The molecule has 2 aromatic carbocycles. The van der Waals surface area contributed by atoms with Crippen molar-refractivity contribution in [3.05, 3.63) is 59.7 Å². The molecule has 2 heterocycles. The van der Waals surface area contributed by atoms with Crippen molar-refractivity contribution in [2.45, 2.75) is 25.0 Å². The van der Waals surface area contributed by atoms with Crippen LogP contribution in [0.25, 0.3) is 0 Å². The number of carbonyl (C=O) groups is 2. The van der Waals surface area contributed by atoms with Gasteiger partial charge in [0.05, 0.1) is 7.11 Å². The number of hydrogen-bond acceptors (Lipinski definition) is 5. The average Bonchev–Trinajstić information content (AvgIpc) is 3.25. The van der Waals surface area contributed by atoms with Crippen molar-refractivity contribution in [1.29, 1.82) is 0 Å². The van der Waals surface area contributed by atoms with Crippen LogP contribution in [0.2, 0.25) is 0 Å². The van der Waals surface area contributed by atoms with Crippen molar-refractivity contribution in [2.24, 2.45) is 0 Å². The van der Waals surface area contributed by atoms with Gasteiger partial charge in [-0.25, -0.2) is 9.59 Å². The first-order valence-electron chi connectivity index (χ1n) is 7.88. The quantitative estimate of drug-likeness (QED) is 0.843. The minimum absolute atomic E-state index is 0.309. The molecule has 0 aliphatic carbocycles. The summed E-state index contributed by atoms with van der Waals surface area (Å²) in [5, 5.41) is 8.66. The number of esters is 1. The molecular weight excluding hydrogens is 324 g/mol. The number of fused-ring (bicyclic) bond motifs is 2. The van der Waals surface area contributed by atoms with Gasteiger partial charge < -0.3 is 19.3 Å². The fourth-order valence-electron chi connectivity index (χ4n) is 2.76. The van der Waals surface area contributed by atoms with E-state index in [1.807, 2.05) is 42.5 Å². The summed E-state index contributed by atoms with van der Waals surface area (Å²) in [5.74, 6) is 0.283. The van der Waals surface area contributed by atoms with Gasteiger partial charge in [-0.2, -0.15) is 0 Å². The third-order valence-corrected chi connectivity index (χ3v) is 4.03. The lowest BCUT2D eigenvalue weighted by Crippen LogP contribution is -2.26. The Morgan fingerprint density at radius 2 is 1.40 bits per heavy atom. The van der Waals surface area contributed by atoms with E-state index in [4.69, 9.17) is 14.6 Å². The van der Waals surface area contributed by atoms with Crippen LogP contribution in [-0.2, 0) is 27.2 Å². The first-order valence-corrected chi connectivity index (χ1v) is 7.88. The van der Waals surface area contributed by atoms with Crippen LogP contribution in [0, 0.1) is 0 Å². The molecule has 1 N–H and O–H groups in total. The van der Waals surface area contributed by atoms with Crippen LogP contribution in [0.15, 0.2) is 48.5 Å². The summed E-state index contributed by atoms with van der Waals surface area (Å²) in [7, 11) is 1.37. The van der Waals surface area contributed by atoms with Crippen LogP contribution in [0.4, 0.5) is 0 Å². The second-order valence-corrected chi connectivity index (χ2v) is 5.70. The zero-order valence-corrected chi connectivity index (χ0v) is 13.7. The Morgan fingerprint density at radius 3 is 1.88 bits per heavy atom. The number of ether oxygens (including phenoxy) is 3. The van der Waals surface area contributed by atoms with Crippen LogP contribution >= 0.6 is 0 Å². The van der Waals surface area contributed by atoms with E-state index in [0.717, 1.165) is 16.9 Å². The predicted molar refractivity (Wildman–Crippen MR) is 88.8 cm³/mol. The van der Waals surface area contributed by atoms with Crippen LogP contribution in [0.3, 0.4) is 0 Å². The molecule has 4 rings (SSSR count). The van der Waals surface area contributed by atoms with Gasteiger partial charge >= 0.3 is 11.9 Å². The second kappa shape index (κ2) is 7.25. The van der Waals surface area contributed by atoms with Gasteiger partial charge in [0.2, 0.25) is 0 Å². The highest BCUT2D eigenvalue weighted by Gasteiger charge is 2.29. The third-order valence-electron chi connectivity index (χ3n) is 4.03. The number of hydrogen-bond donors (Lipinski definition) is 1. The highest BCUT2D eigenvalue weighted by molar-refractivity contribution is 5.76. The minimum Gasteiger partial charge on any atom is -0.478 e. The van der Waals surface area contributed by atoms with E-state index >= 15 is 0 Å². The normalized spacial score (nSPS) is 19.4. The number of para-hydroxylation sites is 2. The van der Waals surface area contributed by atoms with Crippen molar-refractivity contribution in [2.75, 3.05) is 7.11 Å². The molecule has 2 aliphatic heterocycles. The topological polar surface area (TPSA) is 82.1 Å². The van der Waals surface area contributed by atoms with Gasteiger partial charge in [0.1, 0.15) is 11.5 Å². The molecule has 2 aromatic rings. The van der Waals surface area contributed by atoms with Gasteiger partial charge in [-0.15, -0.1) is 0 Å². The summed E-state index contributed by atoms with van der Waals surface area (Å²) < 4.78 is 15.2. The molecule has 0 radical (unpaired) electrons. The van der Waals surface area contributed by atoms with Crippen molar-refractivity contribution in [3.8, 4) is 11.5 Å². The molecule has 0 bridgehead atoms. The molecule has 0 spiro atoms. The number of benzene rings is 2. The van der Waals surface area contributed by atoms with Crippen LogP contribution < -0.4 is 9.47 Å². The van der Waals surface area contributed by atoms with Gasteiger partial charge in [-0.3, -0.25) is 0 Å². The zero-order valence-electron chi connectivity index (χ0n) is 13.7. The van der Waals surface area contributed by atoms with E-state index < -0.39 is 18.2 Å². The van der Waals surface area contributed by atoms with Gasteiger partial charge in [0.25, 0.3) is 0 Å². The summed E-state index contributed by atoms with van der Waals surface area (Å²) in [4.78, 5) is 21.7. The highest BCUT2D eigenvalue weighted by atomic mass is 16.6. The molecule has 2 atom stereocenters. The predicted octanol–water partition coefficient (Wildman–Crippen LogP) is 2.24. The van der Waals surface area contributed by atoms with Crippen molar-refractivity contribution in [1.82, 2.24) is 0 Å². The molecule has 2 unspecified atom stereocenters. The standard InChI is InChI=1S/C10H10O3.C9H8O3/c1-12-10(11)9-6-7-4-2-3-5-8(7)13-9;10-9(11)8-5-6-3-1-2-4-7(6)12-8/h2-5,9H,6H2,1H3;1-4,8H,5H2,(H,10,11). The lowest BCUT2D eigenvalue weighted by atomic mass is 10.1. The summed E-state index contributed by atoms with van der Waals surface area (Å²) >= 11 is 0. The van der Waals surface area contributed by atoms with Gasteiger partial charge in [-0.05, 0) is 23.3 Å². The Labute approximate surface area is 144 Å². The average molecular weight is 342 g/mol. The van der Waals surface area contributed by atoms with Gasteiger partial charge in [-0.1, -0.05) is 36.4 Å². The first kappa shape index (κ1) is 16.8. The van der Waals surface area contributed by atoms with Crippen molar-refractivity contribution >= 4 is 11.9 Å². The molecule has 0 aromatic heterocycles. The van der Waals surface area contributed by atoms with E-state index in [2.05, 4.69) is 4.74 Å². The van der Waals surface area contributed by atoms with Crippen LogP contribution in [0.5, 0.6) is 11.5 Å². The third kappa shape index (κ3) is 3.74. The fourth-order valence-corrected chi connectivity index (χ4v) is 2.76. The number of carboxylic acids is 1. The lowest BCUT2D eigenvalue weighted by Gasteiger charge is -2.06. The maximum atomic E-state index is 11.1. The first-order chi connectivity index (χ1) is 12.1. The lowest BCUT2D eigenvalue weighted by molar-refractivity contribution is -0.148. The summed E-state index contributed by atoms with van der Waals surface area (Å²) in [5.41, 5.74) is 2.04. The van der Waals surface area contributed by atoms with E-state index in [1.165, 1.54) is 7.11 Å². The van der Waals surface area contributed by atoms with Crippen molar-refractivity contribution in [3.63, 3.8) is 0 Å². The molecule has 6 heteroatoms. The molecule has 0 saturated carbocycles. The Kier molecular flexibility index (Phi) is 4.88. The van der Waals surface area contributed by atoms with E-state index in [-0.39, 0.29) is 5.97 Å². The van der Waals surface area contributed by atoms with E-state index in [1.54, 1.807) is 6.07 Å². The number of carboxylic acid groups (broad SMARTS) is 1. The largest absolute Gasteiger partial charge is 0.478 e. The highest BCUT2D eigenvalue weighted by Crippen LogP contribution is 2.29.